The van der Waals surface area contributed by atoms with Gasteiger partial charge in [0, 0.05) is 23.9 Å². The average molecular weight is 1540 g/mol. The number of benzene rings is 11. The van der Waals surface area contributed by atoms with Crippen molar-refractivity contribution < 1.29 is 53.8 Å². The lowest BCUT2D eigenvalue weighted by Crippen LogP contribution is -2.37. The zero-order valence-corrected chi connectivity index (χ0v) is 65.6. The van der Waals surface area contributed by atoms with Crippen molar-refractivity contribution in [3.8, 4) is 0 Å². The lowest BCUT2D eigenvalue weighted by Gasteiger charge is -2.29. The van der Waals surface area contributed by atoms with Crippen LogP contribution in [0.5, 0.6) is 0 Å². The topological polar surface area (TPSA) is 221 Å². The Morgan fingerprint density at radius 3 is 1.00 bits per heavy atom. The number of aryl methyl sites for hydroxylation is 2. The van der Waals surface area contributed by atoms with Gasteiger partial charge in [0.1, 0.15) is 19.8 Å². The molecule has 1 fully saturated rings. The molecule has 0 saturated carbocycles. The highest BCUT2D eigenvalue weighted by atomic mass is 32.2. The first kappa shape index (κ1) is 83.8. The second kappa shape index (κ2) is 43.3. The monoisotopic (exact) mass is 1540 g/mol. The van der Waals surface area contributed by atoms with E-state index < -0.39 is 56.3 Å². The van der Waals surface area contributed by atoms with Gasteiger partial charge in [0.15, 0.2) is 0 Å². The highest BCUT2D eigenvalue weighted by molar-refractivity contribution is 7.87. The molecule has 15 nitrogen and oxygen atoms in total. The Kier molecular flexibility index (Phi) is 32.4. The van der Waals surface area contributed by atoms with E-state index in [0.717, 1.165) is 70.2 Å². The third kappa shape index (κ3) is 28.3. The van der Waals surface area contributed by atoms with E-state index in [1.165, 1.54) is 28.8 Å². The molecule has 12 rings (SSSR count). The number of nitrogens with two attached hydrogens (primary N) is 2. The highest BCUT2D eigenvalue weighted by Gasteiger charge is 2.52. The molecule has 1 saturated heterocycles. The van der Waals surface area contributed by atoms with Crippen LogP contribution in [-0.2, 0) is 111 Å². The number of rotatable bonds is 36. The molecule has 0 aromatic heterocycles. The summed E-state index contributed by atoms with van der Waals surface area (Å²) in [7, 11) is -8.21. The maximum atomic E-state index is 13.5. The summed E-state index contributed by atoms with van der Waals surface area (Å²) in [5, 5.41) is 0. The van der Waals surface area contributed by atoms with E-state index >= 15 is 0 Å². The Hall–Kier alpha value is -10.6. The molecule has 1 heterocycles. The molecule has 0 bridgehead atoms. The zero-order chi connectivity index (χ0) is 78.9. The number of hydrogen-bond acceptors (Lipinski definition) is 14. The molecular weight excluding hydrogens is 1440 g/mol. The maximum absolute atomic E-state index is 13.5. The molecule has 17 heteroatoms. The van der Waals surface area contributed by atoms with Crippen LogP contribution in [0.1, 0.15) is 100 Å². The van der Waals surface area contributed by atoms with Crippen molar-refractivity contribution in [1.29, 1.82) is 0 Å². The normalized spacial score (nSPS) is 15.0. The van der Waals surface area contributed by atoms with Crippen molar-refractivity contribution in [3.63, 3.8) is 0 Å². The van der Waals surface area contributed by atoms with Crippen LogP contribution in [0.3, 0.4) is 0 Å². The minimum Gasteiger partial charge on any atom is -0.461 e. The predicted molar refractivity (Wildman–Crippen MR) is 441 cm³/mol. The first-order chi connectivity index (χ1) is 54.3. The van der Waals surface area contributed by atoms with Crippen molar-refractivity contribution in [2.24, 2.45) is 29.2 Å². The van der Waals surface area contributed by atoms with Crippen LogP contribution >= 0.6 is 0 Å². The number of hydrogen-bond donors (Lipinski definition) is 2. The summed E-state index contributed by atoms with van der Waals surface area (Å²) in [5.41, 5.74) is 24.3. The fraction of sp³-hybridized carbons (Fsp3) is 0.274. The minimum atomic E-state index is -4.13. The fourth-order valence-electron chi connectivity index (χ4n) is 13.9. The van der Waals surface area contributed by atoms with Gasteiger partial charge < -0.3 is 25.7 Å². The van der Waals surface area contributed by atoms with Gasteiger partial charge in [0.05, 0.1) is 46.9 Å². The molecule has 0 radical (unpaired) electrons. The molecule has 1 aliphatic rings. The van der Waals surface area contributed by atoms with E-state index in [1.54, 1.807) is 36.4 Å². The van der Waals surface area contributed by atoms with Crippen molar-refractivity contribution in [3.05, 3.63) is 383 Å². The zero-order valence-electron chi connectivity index (χ0n) is 64.0. The van der Waals surface area contributed by atoms with E-state index in [2.05, 4.69) is 43.3 Å². The molecule has 582 valence electrons. The van der Waals surface area contributed by atoms with Gasteiger partial charge in [-0.15, -0.1) is 0 Å². The molecule has 112 heavy (non-hydrogen) atoms. The van der Waals surface area contributed by atoms with Gasteiger partial charge >= 0.3 is 18.0 Å². The molecule has 11 aromatic carbocycles. The Balaban J connectivity index is 0.000000181. The Morgan fingerprint density at radius 1 is 0.348 bits per heavy atom. The van der Waals surface area contributed by atoms with Crippen LogP contribution in [0.4, 0.5) is 4.79 Å². The minimum absolute atomic E-state index is 0.00240. The van der Waals surface area contributed by atoms with Gasteiger partial charge in [0.2, 0.25) is 0 Å². The van der Waals surface area contributed by atoms with E-state index in [0.29, 0.717) is 25.7 Å². The van der Waals surface area contributed by atoms with Crippen molar-refractivity contribution in [2.45, 2.75) is 157 Å². The fourth-order valence-corrected chi connectivity index (χ4v) is 16.1. The van der Waals surface area contributed by atoms with Crippen molar-refractivity contribution >= 4 is 38.3 Å². The van der Waals surface area contributed by atoms with Crippen LogP contribution in [0.2, 0.25) is 0 Å². The van der Waals surface area contributed by atoms with Crippen LogP contribution in [0.25, 0.3) is 0 Å². The van der Waals surface area contributed by atoms with Crippen molar-refractivity contribution in [1.82, 2.24) is 4.90 Å². The number of ether oxygens (including phenoxy) is 3. The second-order valence-corrected chi connectivity index (χ2v) is 32.2. The lowest BCUT2D eigenvalue weighted by atomic mass is 9.85. The third-order valence-electron chi connectivity index (χ3n) is 19.8. The number of carbonyl (C=O) groups excluding carboxylic acids is 3. The molecule has 1 aliphatic heterocycles. The van der Waals surface area contributed by atoms with Crippen LogP contribution in [0.15, 0.2) is 331 Å². The SMILES string of the molecule is Cc1ccc(S(=O)(=O)O[C@@H](C[C@@H](C)Cc2ccccc2)[C@@H](CC(=O)OCc2ccccc2)Cc2ccccc2)cc1.Cc1ccc(S(=O)(=O)O[C@@H](C[C@@H](N)Cc2ccccc2)[C@@H](CC(=O)OCc2ccccc2)Cc2ccccc2)cc1.N[C@@H](Cc1ccccc1)C[C@@H]1[C@H](Cc2ccccc2)N1C(=O)OCc1ccccc1. The van der Waals surface area contributed by atoms with Crippen LogP contribution in [-0.4, -0.2) is 76.1 Å². The molecule has 0 spiro atoms. The summed E-state index contributed by atoms with van der Waals surface area (Å²) in [6.07, 6.45) is 3.49. The lowest BCUT2D eigenvalue weighted by molar-refractivity contribution is -0.147. The molecule has 0 unspecified atom stereocenters. The van der Waals surface area contributed by atoms with Gasteiger partial charge in [-0.1, -0.05) is 315 Å². The van der Waals surface area contributed by atoms with Gasteiger partial charge in [0.25, 0.3) is 20.2 Å². The third-order valence-corrected chi connectivity index (χ3v) is 22.5. The van der Waals surface area contributed by atoms with E-state index in [4.69, 9.17) is 34.0 Å². The standard InChI is InChI=1S/C35H38O5S.C34H37NO5S.C26H28N2O2/c1-27-18-20-33(21-19-27)41(37,38)40-34(23-28(2)22-29-12-6-3-7-13-29)32(24-30-14-8-4-9-15-30)25-35(36)39-26-31-16-10-5-11-17-31;1-26-17-19-32(20-18-26)41(37,38)40-33(24-31(35)22-28-13-7-3-8-14-28)30(21-27-11-5-2-6-12-27)23-34(36)39-25-29-15-9-4-10-16-29;27-23(16-20-10-4-1-5-11-20)18-25-24(17-21-12-6-2-7-13-21)28(25)26(29)30-19-22-14-8-3-9-15-22/h3-21,28,32,34H,22-26H2,1-2H3;2-20,30-31,33H,21-25,35H2,1H3;1-15,23-25H,16-19,27H2/t28-,32+,34-;30-,31+,33+;23-,24-,25+,28?/m010/s1. The summed E-state index contributed by atoms with van der Waals surface area (Å²) in [6.45, 7) is 6.47. The molecule has 9 atom stereocenters. The number of carbonyl (C=O) groups is 3. The first-order valence-corrected chi connectivity index (χ1v) is 41.2. The molecular formula is C95H103N3O12S2. The second-order valence-electron chi connectivity index (χ2n) is 29.1. The summed E-state index contributed by atoms with van der Waals surface area (Å²) >= 11 is 0. The quantitative estimate of drug-likeness (QED) is 0.0161. The smallest absolute Gasteiger partial charge is 0.410 e. The van der Waals surface area contributed by atoms with Gasteiger partial charge in [-0.2, -0.15) is 16.8 Å². The number of amides is 1. The van der Waals surface area contributed by atoms with Gasteiger partial charge in [-0.3, -0.25) is 22.9 Å². The molecule has 4 N–H and O–H groups in total. The first-order valence-electron chi connectivity index (χ1n) is 38.4. The predicted octanol–water partition coefficient (Wildman–Crippen LogP) is 17.9. The highest BCUT2D eigenvalue weighted by Crippen LogP contribution is 2.37. The summed E-state index contributed by atoms with van der Waals surface area (Å²) in [4.78, 5) is 41.1. The molecule has 0 aliphatic carbocycles. The molecule has 1 amide bonds. The van der Waals surface area contributed by atoms with Crippen molar-refractivity contribution in [2.75, 3.05) is 0 Å². The van der Waals surface area contributed by atoms with E-state index in [1.807, 2.05) is 255 Å². The van der Waals surface area contributed by atoms with Crippen LogP contribution in [0, 0.1) is 31.6 Å². The number of esters is 2. The Morgan fingerprint density at radius 2 is 0.643 bits per heavy atom. The summed E-state index contributed by atoms with van der Waals surface area (Å²) < 4.78 is 82.8. The summed E-state index contributed by atoms with van der Waals surface area (Å²) in [5.74, 6) is -1.62. The van der Waals surface area contributed by atoms with E-state index in [-0.39, 0.29) is 85.0 Å². The van der Waals surface area contributed by atoms with Gasteiger partial charge in [-0.05, 0) is 152 Å². The Labute approximate surface area is 662 Å². The van der Waals surface area contributed by atoms with Crippen LogP contribution < -0.4 is 11.5 Å². The number of nitrogens with zero attached hydrogens (tertiary/aromatic N) is 1. The van der Waals surface area contributed by atoms with Gasteiger partial charge in [-0.25, -0.2) is 4.79 Å². The largest absolute Gasteiger partial charge is 0.461 e. The van der Waals surface area contributed by atoms with E-state index in [9.17, 15) is 31.2 Å². The summed E-state index contributed by atoms with van der Waals surface area (Å²) in [6, 6.07) is 102. The Bertz CT molecular complexity index is 4590. The molecule has 11 aromatic rings. The maximum Gasteiger partial charge on any atom is 0.410 e. The average Bonchev–Trinajstić information content (AvgIpc) is 1.60.